The molecule has 0 spiro atoms. The lowest BCUT2D eigenvalue weighted by Gasteiger charge is -2.12. The first-order chi connectivity index (χ1) is 28.7. The van der Waals surface area contributed by atoms with Gasteiger partial charge in [-0.3, -0.25) is 0 Å². The van der Waals surface area contributed by atoms with Crippen molar-refractivity contribution in [3.63, 3.8) is 0 Å². The normalized spacial score (nSPS) is 11.8. The molecule has 0 N–H and O–H groups in total. The van der Waals surface area contributed by atoms with E-state index in [0.717, 1.165) is 28.1 Å². The average molecular weight is 756 g/mol. The first-order valence-electron chi connectivity index (χ1n) is 19.6. The molecular weight excluding hydrogens is 723 g/mol. The van der Waals surface area contributed by atoms with Crippen molar-refractivity contribution in [1.82, 2.24) is 14.5 Å². The second-order valence-corrected chi connectivity index (χ2v) is 16.0. The van der Waals surface area contributed by atoms with Crippen LogP contribution in [0.1, 0.15) is 0 Å². The van der Waals surface area contributed by atoms with E-state index in [-0.39, 0.29) is 0 Å². The Morgan fingerprint density at radius 2 is 1.02 bits per heavy atom. The number of fused-ring (bicyclic) bond motifs is 8. The van der Waals surface area contributed by atoms with Crippen molar-refractivity contribution >= 4 is 74.9 Å². The molecule has 3 aromatic heterocycles. The van der Waals surface area contributed by atoms with Crippen LogP contribution in [0.25, 0.3) is 114 Å². The predicted octanol–water partition coefficient (Wildman–Crippen LogP) is 14.9. The molecule has 0 radical (unpaired) electrons. The molecule has 4 heteroatoms. The fraction of sp³-hybridized carbons (Fsp3) is 0. The first-order valence-corrected chi connectivity index (χ1v) is 20.5. The Morgan fingerprint density at radius 3 is 1.86 bits per heavy atom. The van der Waals surface area contributed by atoms with Crippen LogP contribution in [0.4, 0.5) is 0 Å². The number of thiophene rings is 1. The smallest absolute Gasteiger partial charge is 0.160 e. The molecule has 0 atom stereocenters. The van der Waals surface area contributed by atoms with E-state index in [1.807, 2.05) is 17.4 Å². The van der Waals surface area contributed by atoms with Crippen LogP contribution in [-0.4, -0.2) is 14.5 Å². The second kappa shape index (κ2) is 13.1. The van der Waals surface area contributed by atoms with Crippen LogP contribution in [0, 0.1) is 0 Å². The standard InChI is InChI=1S/C54H33N3S/c1-2-13-36(14-3-1)46-33-47(56-54(55-46)37-26-24-35(25-27-37)42-20-10-17-34-12-6-7-18-41(34)42)40-28-29-44-52(32-40)58-51-23-11-22-49(53(44)51)57-48-21-9-8-19-43(48)45-30-38-15-4-5-16-39(38)31-50(45)57/h1-33H. The summed E-state index contributed by atoms with van der Waals surface area (Å²) >= 11 is 1.84. The molecule has 3 nitrogen and oxygen atoms in total. The summed E-state index contributed by atoms with van der Waals surface area (Å²) in [5, 5.41) is 10.0. The number of hydrogen-bond donors (Lipinski definition) is 0. The molecule has 0 bridgehead atoms. The van der Waals surface area contributed by atoms with E-state index in [1.54, 1.807) is 0 Å². The van der Waals surface area contributed by atoms with E-state index in [9.17, 15) is 0 Å². The second-order valence-electron chi connectivity index (χ2n) is 15.0. The highest BCUT2D eigenvalue weighted by Crippen LogP contribution is 2.43. The summed E-state index contributed by atoms with van der Waals surface area (Å²) in [5.41, 5.74) is 10.9. The zero-order valence-electron chi connectivity index (χ0n) is 31.3. The molecule has 0 unspecified atom stereocenters. The molecule has 3 heterocycles. The topological polar surface area (TPSA) is 30.7 Å². The van der Waals surface area contributed by atoms with Crippen LogP contribution in [0.2, 0.25) is 0 Å². The zero-order valence-corrected chi connectivity index (χ0v) is 32.1. The molecule has 0 saturated carbocycles. The monoisotopic (exact) mass is 755 g/mol. The van der Waals surface area contributed by atoms with Crippen molar-refractivity contribution in [2.24, 2.45) is 0 Å². The molecule has 0 aliphatic carbocycles. The molecule has 0 aliphatic rings. The van der Waals surface area contributed by atoms with Gasteiger partial charge in [-0.2, -0.15) is 0 Å². The van der Waals surface area contributed by atoms with Crippen molar-refractivity contribution in [2.75, 3.05) is 0 Å². The maximum atomic E-state index is 5.25. The van der Waals surface area contributed by atoms with Crippen molar-refractivity contribution in [1.29, 1.82) is 0 Å². The van der Waals surface area contributed by atoms with Gasteiger partial charge in [0.15, 0.2) is 5.82 Å². The summed E-state index contributed by atoms with van der Waals surface area (Å²) < 4.78 is 4.96. The molecule has 0 saturated heterocycles. The first kappa shape index (κ1) is 32.8. The number of aromatic nitrogens is 3. The Hall–Kier alpha value is -7.40. The third-order valence-electron chi connectivity index (χ3n) is 11.6. The van der Waals surface area contributed by atoms with Crippen LogP contribution in [0.15, 0.2) is 200 Å². The summed E-state index contributed by atoms with van der Waals surface area (Å²) in [6.45, 7) is 0. The lowest BCUT2D eigenvalue weighted by Crippen LogP contribution is -1.96. The Morgan fingerprint density at radius 1 is 0.362 bits per heavy atom. The predicted molar refractivity (Wildman–Crippen MR) is 246 cm³/mol. The molecule has 0 fully saturated rings. The zero-order chi connectivity index (χ0) is 38.2. The van der Waals surface area contributed by atoms with E-state index in [1.165, 1.54) is 80.3 Å². The van der Waals surface area contributed by atoms with E-state index in [4.69, 9.17) is 9.97 Å². The van der Waals surface area contributed by atoms with Crippen molar-refractivity contribution in [2.45, 2.75) is 0 Å². The fourth-order valence-corrected chi connectivity index (χ4v) is 9.99. The number of para-hydroxylation sites is 1. The highest BCUT2D eigenvalue weighted by atomic mass is 32.1. The largest absolute Gasteiger partial charge is 0.309 e. The molecule has 12 aromatic rings. The summed E-state index contributed by atoms with van der Waals surface area (Å²) in [4.78, 5) is 10.4. The molecule has 0 amide bonds. The Kier molecular flexibility index (Phi) is 7.40. The van der Waals surface area contributed by atoms with E-state index >= 15 is 0 Å². The molecule has 12 rings (SSSR count). The van der Waals surface area contributed by atoms with E-state index < -0.39 is 0 Å². The average Bonchev–Trinajstić information content (AvgIpc) is 3.83. The molecule has 58 heavy (non-hydrogen) atoms. The maximum absolute atomic E-state index is 5.25. The van der Waals surface area contributed by atoms with Gasteiger partial charge in [0, 0.05) is 47.6 Å². The van der Waals surface area contributed by atoms with Gasteiger partial charge in [-0.25, -0.2) is 9.97 Å². The van der Waals surface area contributed by atoms with Crippen LogP contribution in [-0.2, 0) is 0 Å². The van der Waals surface area contributed by atoms with Crippen LogP contribution < -0.4 is 0 Å². The van der Waals surface area contributed by atoms with Gasteiger partial charge in [0.25, 0.3) is 0 Å². The highest BCUT2D eigenvalue weighted by Gasteiger charge is 2.19. The molecule has 270 valence electrons. The van der Waals surface area contributed by atoms with Gasteiger partial charge >= 0.3 is 0 Å². The lowest BCUT2D eigenvalue weighted by atomic mass is 9.97. The van der Waals surface area contributed by atoms with Gasteiger partial charge in [0.05, 0.1) is 28.1 Å². The minimum atomic E-state index is 0.707. The Labute approximate surface area is 338 Å². The summed E-state index contributed by atoms with van der Waals surface area (Å²) in [5.74, 6) is 0.707. The molecule has 0 aliphatic heterocycles. The quantitative estimate of drug-likeness (QED) is 0.175. The lowest BCUT2D eigenvalue weighted by molar-refractivity contribution is 1.18. The van der Waals surface area contributed by atoms with Crippen LogP contribution >= 0.6 is 11.3 Å². The van der Waals surface area contributed by atoms with E-state index in [0.29, 0.717) is 5.82 Å². The van der Waals surface area contributed by atoms with Crippen LogP contribution in [0.5, 0.6) is 0 Å². The maximum Gasteiger partial charge on any atom is 0.160 e. The van der Waals surface area contributed by atoms with E-state index in [2.05, 4.69) is 199 Å². The Bertz CT molecular complexity index is 3560. The van der Waals surface area contributed by atoms with Gasteiger partial charge in [-0.1, -0.05) is 158 Å². The summed E-state index contributed by atoms with van der Waals surface area (Å²) in [6.07, 6.45) is 0. The minimum absolute atomic E-state index is 0.707. The third kappa shape index (κ3) is 5.27. The van der Waals surface area contributed by atoms with Crippen molar-refractivity contribution in [3.8, 4) is 50.7 Å². The number of rotatable bonds is 5. The Balaban J connectivity index is 1.00. The van der Waals surface area contributed by atoms with Crippen molar-refractivity contribution in [3.05, 3.63) is 200 Å². The van der Waals surface area contributed by atoms with Gasteiger partial charge in [0.2, 0.25) is 0 Å². The minimum Gasteiger partial charge on any atom is -0.309 e. The van der Waals surface area contributed by atoms with Crippen LogP contribution in [0.3, 0.4) is 0 Å². The number of hydrogen-bond acceptors (Lipinski definition) is 3. The summed E-state index contributed by atoms with van der Waals surface area (Å²) in [7, 11) is 0. The SMILES string of the molecule is c1ccc(-c2cc(-c3ccc4c(c3)sc3cccc(-n5c6ccccc6c6cc7ccccc7cc65)c34)nc(-c3ccc(-c4cccc5ccccc45)cc3)n2)cc1. The highest BCUT2D eigenvalue weighted by molar-refractivity contribution is 7.26. The van der Waals surface area contributed by atoms with Gasteiger partial charge < -0.3 is 4.57 Å². The number of benzene rings is 9. The molecule has 9 aromatic carbocycles. The fourth-order valence-electron chi connectivity index (χ4n) is 8.82. The third-order valence-corrected chi connectivity index (χ3v) is 12.7. The van der Waals surface area contributed by atoms with Crippen molar-refractivity contribution < 1.29 is 0 Å². The van der Waals surface area contributed by atoms with Gasteiger partial charge in [-0.05, 0) is 75.1 Å². The van der Waals surface area contributed by atoms with Gasteiger partial charge in [0.1, 0.15) is 0 Å². The number of nitrogens with zero attached hydrogens (tertiary/aromatic N) is 3. The van der Waals surface area contributed by atoms with Gasteiger partial charge in [-0.15, -0.1) is 11.3 Å². The summed E-state index contributed by atoms with van der Waals surface area (Å²) in [6, 6.07) is 72.0. The molecular formula is C54H33N3S.